The summed E-state index contributed by atoms with van der Waals surface area (Å²) in [5.41, 5.74) is 2.49. The van der Waals surface area contributed by atoms with E-state index in [1.165, 1.54) is 6.42 Å². The minimum atomic E-state index is 0.177. The summed E-state index contributed by atoms with van der Waals surface area (Å²) in [7, 11) is 4.35. The summed E-state index contributed by atoms with van der Waals surface area (Å²) in [4.78, 5) is 8.81. The number of aromatic nitrogens is 4. The molecule has 2 fully saturated rings. The van der Waals surface area contributed by atoms with E-state index < -0.39 is 0 Å². The van der Waals surface area contributed by atoms with Gasteiger partial charge in [-0.2, -0.15) is 0 Å². The van der Waals surface area contributed by atoms with Crippen LogP contribution in [0.4, 0.5) is 5.82 Å². The molecule has 0 amide bonds. The third-order valence-electron chi connectivity index (χ3n) is 6.89. The van der Waals surface area contributed by atoms with Gasteiger partial charge >= 0.3 is 0 Å². The number of phenolic OH excluding ortho intramolecular Hbond substituents is 1. The second kappa shape index (κ2) is 6.56. The molecular formula is C22H26N6O. The van der Waals surface area contributed by atoms with Crippen LogP contribution < -0.4 is 4.90 Å². The highest BCUT2D eigenvalue weighted by atomic mass is 16.3. The largest absolute Gasteiger partial charge is 0.507 e. The number of imidazole rings is 1. The number of likely N-dealkylation sites (tertiary alicyclic amines) is 1. The molecule has 0 spiro atoms. The van der Waals surface area contributed by atoms with E-state index in [4.69, 9.17) is 0 Å². The highest BCUT2D eigenvalue weighted by Gasteiger charge is 2.52. The van der Waals surface area contributed by atoms with Crippen molar-refractivity contribution in [1.29, 1.82) is 0 Å². The molecule has 29 heavy (non-hydrogen) atoms. The topological polar surface area (TPSA) is 70.3 Å². The van der Waals surface area contributed by atoms with Crippen LogP contribution in [0, 0.1) is 5.92 Å². The lowest BCUT2D eigenvalue weighted by Gasteiger charge is -2.39. The Morgan fingerprint density at radius 1 is 1.17 bits per heavy atom. The Kier molecular flexibility index (Phi) is 4.10. The van der Waals surface area contributed by atoms with Gasteiger partial charge in [0.1, 0.15) is 5.75 Å². The van der Waals surface area contributed by atoms with Gasteiger partial charge in [-0.1, -0.05) is 0 Å². The fourth-order valence-corrected chi connectivity index (χ4v) is 5.06. The number of nitrogens with zero attached hydrogens (tertiary/aromatic N) is 6. The number of hydrogen-bond donors (Lipinski definition) is 1. The summed E-state index contributed by atoms with van der Waals surface area (Å²) in [5.74, 6) is 1.74. The molecule has 150 valence electrons. The van der Waals surface area contributed by atoms with Gasteiger partial charge in [-0.3, -0.25) is 0 Å². The first-order valence-electron chi connectivity index (χ1n) is 10.0. The van der Waals surface area contributed by atoms with Crippen molar-refractivity contribution in [3.05, 3.63) is 49.1 Å². The second-order valence-corrected chi connectivity index (χ2v) is 8.67. The zero-order valence-electron chi connectivity index (χ0n) is 17.0. The van der Waals surface area contributed by atoms with Gasteiger partial charge in [-0.25, -0.2) is 4.98 Å². The maximum Gasteiger partial charge on any atom is 0.151 e. The smallest absolute Gasteiger partial charge is 0.151 e. The summed E-state index contributed by atoms with van der Waals surface area (Å²) in [5, 5.41) is 19.4. The van der Waals surface area contributed by atoms with Crippen molar-refractivity contribution in [2.45, 2.75) is 31.3 Å². The first-order chi connectivity index (χ1) is 13.9. The fraction of sp³-hybridized carbons (Fsp3) is 0.409. The van der Waals surface area contributed by atoms with Crippen LogP contribution in [0.1, 0.15) is 19.8 Å². The number of piperidine rings is 1. The Morgan fingerprint density at radius 3 is 2.62 bits per heavy atom. The van der Waals surface area contributed by atoms with Gasteiger partial charge in [0.25, 0.3) is 0 Å². The fourth-order valence-electron chi connectivity index (χ4n) is 5.06. The summed E-state index contributed by atoms with van der Waals surface area (Å²) < 4.78 is 1.85. The molecular weight excluding hydrogens is 364 g/mol. The molecule has 1 N–H and O–H groups in total. The number of anilines is 1. The lowest BCUT2D eigenvalue weighted by atomic mass is 9.97. The van der Waals surface area contributed by atoms with Crippen LogP contribution in [0.2, 0.25) is 0 Å². The quantitative estimate of drug-likeness (QED) is 0.739. The Bertz CT molecular complexity index is 1020. The van der Waals surface area contributed by atoms with Crippen molar-refractivity contribution in [2.75, 3.05) is 25.5 Å². The van der Waals surface area contributed by atoms with Crippen LogP contribution in [0.25, 0.3) is 16.9 Å². The van der Waals surface area contributed by atoms with E-state index in [2.05, 4.69) is 46.0 Å². The number of aromatic hydroxyl groups is 1. The monoisotopic (exact) mass is 390 g/mol. The van der Waals surface area contributed by atoms with E-state index in [1.807, 2.05) is 35.0 Å². The minimum Gasteiger partial charge on any atom is -0.507 e. The van der Waals surface area contributed by atoms with Crippen molar-refractivity contribution in [2.24, 2.45) is 5.92 Å². The number of rotatable bonds is 4. The molecule has 1 aliphatic heterocycles. The van der Waals surface area contributed by atoms with Crippen molar-refractivity contribution < 1.29 is 5.11 Å². The van der Waals surface area contributed by atoms with Gasteiger partial charge in [0.15, 0.2) is 5.82 Å². The molecule has 3 heterocycles. The third kappa shape index (κ3) is 2.97. The average Bonchev–Trinajstić information content (AvgIpc) is 3.42. The number of phenols is 1. The maximum atomic E-state index is 10.5. The van der Waals surface area contributed by atoms with E-state index in [-0.39, 0.29) is 5.75 Å². The predicted molar refractivity (Wildman–Crippen MR) is 112 cm³/mol. The van der Waals surface area contributed by atoms with Crippen molar-refractivity contribution in [3.63, 3.8) is 0 Å². The molecule has 3 atom stereocenters. The third-order valence-corrected chi connectivity index (χ3v) is 6.89. The van der Waals surface area contributed by atoms with Crippen LogP contribution in [0.15, 0.2) is 49.1 Å². The molecule has 1 saturated carbocycles. The summed E-state index contributed by atoms with van der Waals surface area (Å²) in [6.45, 7) is 3.51. The average molecular weight is 390 g/mol. The van der Waals surface area contributed by atoms with E-state index in [1.54, 1.807) is 18.6 Å². The molecule has 3 aromatic rings. The summed E-state index contributed by atoms with van der Waals surface area (Å²) in [6, 6.07) is 9.95. The molecule has 5 rings (SSSR count). The van der Waals surface area contributed by atoms with Gasteiger partial charge < -0.3 is 19.5 Å². The van der Waals surface area contributed by atoms with Crippen molar-refractivity contribution in [3.8, 4) is 22.7 Å². The molecule has 7 nitrogen and oxygen atoms in total. The Morgan fingerprint density at radius 2 is 2.03 bits per heavy atom. The zero-order valence-corrected chi connectivity index (χ0v) is 17.0. The summed E-state index contributed by atoms with van der Waals surface area (Å²) in [6.07, 6.45) is 7.66. The lowest BCUT2D eigenvalue weighted by Crippen LogP contribution is -2.48. The van der Waals surface area contributed by atoms with Gasteiger partial charge in [0.2, 0.25) is 0 Å². The minimum absolute atomic E-state index is 0.177. The predicted octanol–water partition coefficient (Wildman–Crippen LogP) is 2.95. The lowest BCUT2D eigenvalue weighted by molar-refractivity contribution is 0.157. The highest BCUT2D eigenvalue weighted by molar-refractivity contribution is 5.69. The van der Waals surface area contributed by atoms with Gasteiger partial charge in [-0.05, 0) is 57.0 Å². The Hall–Kier alpha value is -2.93. The maximum absolute atomic E-state index is 10.5. The summed E-state index contributed by atoms with van der Waals surface area (Å²) >= 11 is 0. The van der Waals surface area contributed by atoms with Crippen molar-refractivity contribution in [1.82, 2.24) is 24.6 Å². The molecule has 1 saturated heterocycles. The Labute approximate surface area is 170 Å². The molecule has 0 radical (unpaired) electrons. The van der Waals surface area contributed by atoms with Crippen LogP contribution in [0.3, 0.4) is 0 Å². The van der Waals surface area contributed by atoms with Gasteiger partial charge in [0.05, 0.1) is 17.7 Å². The molecule has 1 aliphatic carbocycles. The second-order valence-electron chi connectivity index (χ2n) is 8.67. The normalized spacial score (nSPS) is 26.2. The standard InChI is InChI=1S/C22H26N6O/c1-22-11-15(13-26(22)2)19(12-22)27(3)21-7-6-18(24-25-21)17-5-4-16(10-20(17)29)28-9-8-23-14-28/h4-10,14-15,19,29H,11-13H2,1-3H3/t15?,19-,22+/m1/s1. The molecule has 1 aromatic carbocycles. The van der Waals surface area contributed by atoms with E-state index in [9.17, 15) is 5.11 Å². The van der Waals surface area contributed by atoms with E-state index in [0.29, 0.717) is 28.8 Å². The molecule has 1 unspecified atom stereocenters. The van der Waals surface area contributed by atoms with E-state index >= 15 is 0 Å². The highest BCUT2D eigenvalue weighted by Crippen LogP contribution is 2.47. The van der Waals surface area contributed by atoms with Crippen LogP contribution >= 0.6 is 0 Å². The zero-order chi connectivity index (χ0) is 20.2. The van der Waals surface area contributed by atoms with Crippen molar-refractivity contribution >= 4 is 5.82 Å². The van der Waals surface area contributed by atoms with E-state index in [0.717, 1.165) is 24.5 Å². The first-order valence-corrected chi connectivity index (χ1v) is 10.0. The number of fused-ring (bicyclic) bond motifs is 2. The van der Waals surface area contributed by atoms with Gasteiger partial charge in [-0.15, -0.1) is 10.2 Å². The molecule has 7 heteroatoms. The van der Waals surface area contributed by atoms with Gasteiger partial charge in [0, 0.05) is 49.2 Å². The Balaban J connectivity index is 1.36. The number of benzene rings is 1. The molecule has 2 bridgehead atoms. The van der Waals surface area contributed by atoms with Crippen LogP contribution in [-0.4, -0.2) is 62.0 Å². The molecule has 2 aromatic heterocycles. The van der Waals surface area contributed by atoms with Crippen LogP contribution in [-0.2, 0) is 0 Å². The first kappa shape index (κ1) is 18.1. The number of hydrogen-bond acceptors (Lipinski definition) is 6. The molecule has 2 aliphatic rings. The van der Waals surface area contributed by atoms with Crippen LogP contribution in [0.5, 0.6) is 5.75 Å². The SMILES string of the molecule is CN(c1ccc(-c2ccc(-n3ccnc3)cc2O)nn1)[C@@H]1C[C@]2(C)CC1CN2C.